The molecule has 1 aromatic carbocycles. The van der Waals surface area contributed by atoms with Crippen LogP contribution in [0.3, 0.4) is 0 Å². The lowest BCUT2D eigenvalue weighted by atomic mass is 10.2. The highest BCUT2D eigenvalue weighted by molar-refractivity contribution is 9.10. The lowest BCUT2D eigenvalue weighted by Crippen LogP contribution is -1.77. The highest BCUT2D eigenvalue weighted by Crippen LogP contribution is 2.23. The number of fused-ring (bicyclic) bond motifs is 1. The van der Waals surface area contributed by atoms with Crippen molar-refractivity contribution in [1.82, 2.24) is 10.2 Å². The Hall–Kier alpha value is -0.900. The minimum atomic E-state index is -0.257. The van der Waals surface area contributed by atoms with Gasteiger partial charge in [0.05, 0.1) is 15.7 Å². The van der Waals surface area contributed by atoms with Crippen LogP contribution in [0.5, 0.6) is 0 Å². The zero-order valence-corrected chi connectivity index (χ0v) is 7.94. The average molecular weight is 229 g/mol. The predicted octanol–water partition coefficient (Wildman–Crippen LogP) is 2.77. The number of aromatic amines is 1. The molecule has 0 unspecified atom stereocenters. The average Bonchev–Trinajstić information content (AvgIpc) is 2.35. The summed E-state index contributed by atoms with van der Waals surface area (Å²) in [7, 11) is 0. The van der Waals surface area contributed by atoms with Crippen molar-refractivity contribution < 1.29 is 4.39 Å². The van der Waals surface area contributed by atoms with Crippen LogP contribution in [0.4, 0.5) is 4.39 Å². The van der Waals surface area contributed by atoms with E-state index in [0.717, 1.165) is 16.6 Å². The Kier molecular flexibility index (Phi) is 1.65. The number of rotatable bonds is 0. The largest absolute Gasteiger partial charge is 0.278 e. The monoisotopic (exact) mass is 228 g/mol. The van der Waals surface area contributed by atoms with E-state index in [1.54, 1.807) is 6.07 Å². The maximum absolute atomic E-state index is 13.0. The third-order valence-corrected chi connectivity index (χ3v) is 2.40. The summed E-state index contributed by atoms with van der Waals surface area (Å²) >= 11 is 3.10. The van der Waals surface area contributed by atoms with Crippen molar-refractivity contribution in [1.29, 1.82) is 0 Å². The molecule has 1 N–H and O–H groups in total. The maximum atomic E-state index is 13.0. The summed E-state index contributed by atoms with van der Waals surface area (Å²) in [6.07, 6.45) is 0. The summed E-state index contributed by atoms with van der Waals surface area (Å²) < 4.78 is 13.5. The Labute approximate surface area is 76.9 Å². The molecule has 1 aromatic heterocycles. The normalized spacial score (nSPS) is 10.9. The predicted molar refractivity (Wildman–Crippen MR) is 48.5 cm³/mol. The molecule has 1 heterocycles. The van der Waals surface area contributed by atoms with Crippen LogP contribution in [-0.4, -0.2) is 10.2 Å². The summed E-state index contributed by atoms with van der Waals surface area (Å²) in [5.41, 5.74) is 1.66. The molecule has 0 fully saturated rings. The molecule has 0 atom stereocenters. The first-order chi connectivity index (χ1) is 5.68. The molecule has 0 aliphatic heterocycles. The second-order valence-electron chi connectivity index (χ2n) is 2.62. The molecule has 0 radical (unpaired) electrons. The Morgan fingerprint density at radius 3 is 3.00 bits per heavy atom. The molecule has 0 saturated heterocycles. The van der Waals surface area contributed by atoms with E-state index in [1.165, 1.54) is 6.07 Å². The first-order valence-corrected chi connectivity index (χ1v) is 4.27. The molecule has 2 aromatic rings. The van der Waals surface area contributed by atoms with Gasteiger partial charge < -0.3 is 0 Å². The number of H-pyrrole nitrogens is 1. The van der Waals surface area contributed by atoms with Crippen LogP contribution in [0.2, 0.25) is 0 Å². The van der Waals surface area contributed by atoms with E-state index in [4.69, 9.17) is 0 Å². The zero-order chi connectivity index (χ0) is 8.72. The number of aromatic nitrogens is 2. The van der Waals surface area contributed by atoms with Gasteiger partial charge in [0.2, 0.25) is 0 Å². The van der Waals surface area contributed by atoms with Gasteiger partial charge >= 0.3 is 0 Å². The van der Waals surface area contributed by atoms with E-state index in [2.05, 4.69) is 26.1 Å². The second-order valence-corrected chi connectivity index (χ2v) is 3.48. The highest BCUT2D eigenvalue weighted by atomic mass is 79.9. The van der Waals surface area contributed by atoms with Crippen molar-refractivity contribution >= 4 is 26.8 Å². The number of benzene rings is 1. The summed E-state index contributed by atoms with van der Waals surface area (Å²) in [6, 6.07) is 3.16. The zero-order valence-electron chi connectivity index (χ0n) is 6.36. The van der Waals surface area contributed by atoms with Gasteiger partial charge in [-0.2, -0.15) is 5.10 Å². The van der Waals surface area contributed by atoms with Crippen molar-refractivity contribution in [2.24, 2.45) is 0 Å². The minimum Gasteiger partial charge on any atom is -0.278 e. The van der Waals surface area contributed by atoms with E-state index in [0.29, 0.717) is 4.47 Å². The molecule has 0 bridgehead atoms. The van der Waals surface area contributed by atoms with Crippen LogP contribution < -0.4 is 0 Å². The Morgan fingerprint density at radius 2 is 2.25 bits per heavy atom. The fourth-order valence-corrected chi connectivity index (χ4v) is 1.49. The van der Waals surface area contributed by atoms with Crippen LogP contribution >= 0.6 is 15.9 Å². The molecular weight excluding hydrogens is 223 g/mol. The first-order valence-electron chi connectivity index (χ1n) is 3.48. The van der Waals surface area contributed by atoms with Crippen LogP contribution in [-0.2, 0) is 0 Å². The van der Waals surface area contributed by atoms with E-state index in [9.17, 15) is 4.39 Å². The quantitative estimate of drug-likeness (QED) is 0.739. The van der Waals surface area contributed by atoms with Crippen LogP contribution in [0.15, 0.2) is 16.6 Å². The van der Waals surface area contributed by atoms with Crippen LogP contribution in [0.1, 0.15) is 5.69 Å². The summed E-state index contributed by atoms with van der Waals surface area (Å²) in [5, 5.41) is 7.60. The lowest BCUT2D eigenvalue weighted by Gasteiger charge is -1.93. The summed E-state index contributed by atoms with van der Waals surface area (Å²) in [4.78, 5) is 0. The summed E-state index contributed by atoms with van der Waals surface area (Å²) in [5.74, 6) is -0.257. The number of aryl methyl sites for hydroxylation is 1. The fourth-order valence-electron chi connectivity index (χ4n) is 1.14. The van der Waals surface area contributed by atoms with Gasteiger partial charge in [0.1, 0.15) is 5.82 Å². The molecule has 2 rings (SSSR count). The second kappa shape index (κ2) is 2.55. The third-order valence-electron chi connectivity index (χ3n) is 1.79. The van der Waals surface area contributed by atoms with Gasteiger partial charge in [-0.3, -0.25) is 5.10 Å². The van der Waals surface area contributed by atoms with E-state index < -0.39 is 0 Å². The molecule has 2 nitrogen and oxygen atoms in total. The molecule has 0 aliphatic carbocycles. The topological polar surface area (TPSA) is 28.7 Å². The van der Waals surface area contributed by atoms with Crippen LogP contribution in [0, 0.1) is 12.7 Å². The van der Waals surface area contributed by atoms with Crippen molar-refractivity contribution in [3.8, 4) is 0 Å². The minimum absolute atomic E-state index is 0.257. The van der Waals surface area contributed by atoms with Gasteiger partial charge in [0.25, 0.3) is 0 Å². The lowest BCUT2D eigenvalue weighted by molar-refractivity contribution is 0.623. The van der Waals surface area contributed by atoms with Gasteiger partial charge in [-0.1, -0.05) is 0 Å². The molecule has 0 amide bonds. The van der Waals surface area contributed by atoms with Gasteiger partial charge in [-0.25, -0.2) is 4.39 Å². The van der Waals surface area contributed by atoms with Gasteiger partial charge in [-0.15, -0.1) is 0 Å². The molecule has 0 aliphatic rings. The molecule has 0 spiro atoms. The Morgan fingerprint density at radius 1 is 1.50 bits per heavy atom. The highest BCUT2D eigenvalue weighted by Gasteiger charge is 2.05. The van der Waals surface area contributed by atoms with Gasteiger partial charge in [0, 0.05) is 5.39 Å². The van der Waals surface area contributed by atoms with Crippen molar-refractivity contribution in [3.63, 3.8) is 0 Å². The maximum Gasteiger partial charge on any atom is 0.138 e. The summed E-state index contributed by atoms with van der Waals surface area (Å²) in [6.45, 7) is 1.84. The molecular formula is C8H6BrFN2. The van der Waals surface area contributed by atoms with Crippen molar-refractivity contribution in [2.45, 2.75) is 6.92 Å². The first kappa shape index (κ1) is 7.73. The van der Waals surface area contributed by atoms with E-state index in [1.807, 2.05) is 6.92 Å². The molecule has 4 heteroatoms. The Balaban J connectivity index is 2.87. The smallest absolute Gasteiger partial charge is 0.138 e. The van der Waals surface area contributed by atoms with Gasteiger partial charge in [0.15, 0.2) is 0 Å². The van der Waals surface area contributed by atoms with Crippen molar-refractivity contribution in [3.05, 3.63) is 28.1 Å². The fraction of sp³-hybridized carbons (Fsp3) is 0.125. The third kappa shape index (κ3) is 1.03. The Bertz CT molecular complexity index is 436. The number of nitrogens with zero attached hydrogens (tertiary/aromatic N) is 1. The number of nitrogens with one attached hydrogen (secondary N) is 1. The molecule has 62 valence electrons. The van der Waals surface area contributed by atoms with E-state index in [-0.39, 0.29) is 5.82 Å². The number of hydrogen-bond donors (Lipinski definition) is 1. The van der Waals surface area contributed by atoms with Gasteiger partial charge in [-0.05, 0) is 35.0 Å². The molecule has 0 saturated carbocycles. The van der Waals surface area contributed by atoms with E-state index >= 15 is 0 Å². The SMILES string of the molecule is Cc1n[nH]c2cc(Br)c(F)cc12. The van der Waals surface area contributed by atoms with Crippen LogP contribution in [0.25, 0.3) is 10.9 Å². The number of hydrogen-bond acceptors (Lipinski definition) is 1. The molecule has 12 heavy (non-hydrogen) atoms. The number of halogens is 2. The standard InChI is InChI=1S/C8H6BrFN2/c1-4-5-2-7(10)6(9)3-8(5)12-11-4/h2-3H,1H3,(H,11,12). The van der Waals surface area contributed by atoms with Crippen molar-refractivity contribution in [2.75, 3.05) is 0 Å².